The van der Waals surface area contributed by atoms with Crippen molar-refractivity contribution in [1.29, 1.82) is 0 Å². The molecular formula is C31H38N2O5S. The van der Waals surface area contributed by atoms with Crippen molar-refractivity contribution in [3.8, 4) is 17.2 Å². The highest BCUT2D eigenvalue weighted by Crippen LogP contribution is 2.34. The van der Waals surface area contributed by atoms with E-state index in [1.165, 1.54) is 0 Å². The van der Waals surface area contributed by atoms with Gasteiger partial charge in [0, 0.05) is 18.9 Å². The van der Waals surface area contributed by atoms with Crippen LogP contribution < -0.4 is 14.2 Å². The molecule has 2 heterocycles. The third-order valence-electron chi connectivity index (χ3n) is 6.79. The smallest absolute Gasteiger partial charge is 0.209 e. The molecule has 0 saturated carbocycles. The molecule has 0 aliphatic carbocycles. The second-order valence-corrected chi connectivity index (χ2v) is 11.9. The summed E-state index contributed by atoms with van der Waals surface area (Å²) in [5, 5.41) is 0. The Morgan fingerprint density at radius 1 is 0.923 bits per heavy atom. The summed E-state index contributed by atoms with van der Waals surface area (Å²) in [6, 6.07) is 18.3. The van der Waals surface area contributed by atoms with Crippen LogP contribution in [-0.2, 0) is 16.4 Å². The van der Waals surface area contributed by atoms with Crippen molar-refractivity contribution >= 4 is 15.4 Å². The molecule has 0 fully saturated rings. The fourth-order valence-electron chi connectivity index (χ4n) is 4.70. The molecule has 4 rings (SSSR count). The first-order valence-electron chi connectivity index (χ1n) is 13.2. The van der Waals surface area contributed by atoms with Gasteiger partial charge in [0.15, 0.2) is 11.5 Å². The lowest BCUT2D eigenvalue weighted by atomic mass is 10.1. The van der Waals surface area contributed by atoms with Crippen molar-refractivity contribution in [2.75, 3.05) is 34.4 Å². The van der Waals surface area contributed by atoms with Crippen molar-refractivity contribution in [1.82, 2.24) is 9.30 Å². The van der Waals surface area contributed by atoms with Gasteiger partial charge in [-0.25, -0.2) is 8.42 Å². The molecule has 2 aromatic carbocycles. The Hall–Kier alpha value is -3.49. The van der Waals surface area contributed by atoms with Crippen molar-refractivity contribution in [2.45, 2.75) is 48.9 Å². The zero-order valence-corrected chi connectivity index (χ0v) is 24.2. The summed E-state index contributed by atoms with van der Waals surface area (Å²) in [6.07, 6.45) is 5.67. The summed E-state index contributed by atoms with van der Waals surface area (Å²) in [5.74, 6) is 2.21. The molecule has 0 saturated heterocycles. The molecule has 0 unspecified atom stereocenters. The van der Waals surface area contributed by atoms with E-state index in [0.717, 1.165) is 48.6 Å². The van der Waals surface area contributed by atoms with Crippen molar-refractivity contribution in [3.05, 3.63) is 84.2 Å². The third kappa shape index (κ3) is 6.57. The Morgan fingerprint density at radius 2 is 1.67 bits per heavy atom. The van der Waals surface area contributed by atoms with E-state index >= 15 is 0 Å². The lowest BCUT2D eigenvalue weighted by Gasteiger charge is -2.18. The van der Waals surface area contributed by atoms with Crippen LogP contribution in [0.25, 0.3) is 5.52 Å². The molecule has 0 spiro atoms. The summed E-state index contributed by atoms with van der Waals surface area (Å²) in [4.78, 5) is 2.91. The maximum absolute atomic E-state index is 13.6. The van der Waals surface area contributed by atoms with Crippen LogP contribution >= 0.6 is 0 Å². The second-order valence-electron chi connectivity index (χ2n) is 10.0. The van der Waals surface area contributed by atoms with E-state index in [1.807, 2.05) is 67.0 Å². The monoisotopic (exact) mass is 550 g/mol. The number of fused-ring (bicyclic) bond motifs is 1. The van der Waals surface area contributed by atoms with Crippen molar-refractivity contribution < 1.29 is 22.6 Å². The van der Waals surface area contributed by atoms with Crippen molar-refractivity contribution in [3.63, 3.8) is 0 Å². The Balaban J connectivity index is 1.30. The minimum Gasteiger partial charge on any atom is -0.494 e. The number of aromatic nitrogens is 1. The molecule has 4 aromatic rings. The Bertz CT molecular complexity index is 1490. The van der Waals surface area contributed by atoms with Crippen LogP contribution in [0.3, 0.4) is 0 Å². The lowest BCUT2D eigenvalue weighted by molar-refractivity contribution is 0.275. The Morgan fingerprint density at radius 3 is 2.36 bits per heavy atom. The van der Waals surface area contributed by atoms with E-state index in [-0.39, 0.29) is 10.8 Å². The highest BCUT2D eigenvalue weighted by Gasteiger charge is 2.27. The van der Waals surface area contributed by atoms with Gasteiger partial charge in [0.05, 0.1) is 31.2 Å². The molecule has 0 amide bonds. The highest BCUT2D eigenvalue weighted by atomic mass is 32.2. The number of methoxy groups -OCH3 is 2. The van der Waals surface area contributed by atoms with Crippen LogP contribution in [0.2, 0.25) is 0 Å². The molecule has 0 bridgehead atoms. The normalized spacial score (nSPS) is 11.9. The maximum atomic E-state index is 13.6. The zero-order chi connectivity index (χ0) is 28.0. The topological polar surface area (TPSA) is 69.5 Å². The molecule has 0 aliphatic rings. The van der Waals surface area contributed by atoms with Crippen LogP contribution in [0.5, 0.6) is 17.2 Å². The SMILES string of the molecule is COc1ccc(CN(C)CCCCOc2ccc(S(=O)(=O)c3c(C(C)C)cn4ccccc34)cc2)cc1OC. The maximum Gasteiger partial charge on any atom is 0.209 e. The largest absolute Gasteiger partial charge is 0.494 e. The average molecular weight is 551 g/mol. The number of hydrogen-bond donors (Lipinski definition) is 0. The first kappa shape index (κ1) is 28.5. The molecule has 7 nitrogen and oxygen atoms in total. The van der Waals surface area contributed by atoms with Crippen LogP contribution in [0.4, 0.5) is 0 Å². The molecule has 2 aromatic heterocycles. The first-order chi connectivity index (χ1) is 18.7. The average Bonchev–Trinajstić information content (AvgIpc) is 3.34. The zero-order valence-electron chi connectivity index (χ0n) is 23.4. The van der Waals surface area contributed by atoms with E-state index in [2.05, 4.69) is 11.9 Å². The van der Waals surface area contributed by atoms with Crippen LogP contribution in [0.15, 0.2) is 82.8 Å². The predicted octanol–water partition coefficient (Wildman–Crippen LogP) is 6.20. The molecule has 208 valence electrons. The fourth-order valence-corrected chi connectivity index (χ4v) is 6.48. The van der Waals surface area contributed by atoms with Gasteiger partial charge >= 0.3 is 0 Å². The number of pyridine rings is 1. The second kappa shape index (κ2) is 12.6. The minimum atomic E-state index is -3.68. The van der Waals surface area contributed by atoms with Gasteiger partial charge in [0.25, 0.3) is 0 Å². The van der Waals surface area contributed by atoms with E-state index in [0.29, 0.717) is 22.8 Å². The van der Waals surface area contributed by atoms with Crippen LogP contribution in [0.1, 0.15) is 43.7 Å². The highest BCUT2D eigenvalue weighted by molar-refractivity contribution is 7.91. The van der Waals surface area contributed by atoms with Crippen LogP contribution in [-0.4, -0.2) is 52.1 Å². The van der Waals surface area contributed by atoms with E-state index < -0.39 is 9.84 Å². The molecule has 0 aliphatic heterocycles. The lowest BCUT2D eigenvalue weighted by Crippen LogP contribution is -2.19. The van der Waals surface area contributed by atoms with Gasteiger partial charge in [-0.15, -0.1) is 0 Å². The summed E-state index contributed by atoms with van der Waals surface area (Å²) >= 11 is 0. The van der Waals surface area contributed by atoms with Gasteiger partial charge in [0.2, 0.25) is 9.84 Å². The number of sulfone groups is 1. The van der Waals surface area contributed by atoms with Gasteiger partial charge < -0.3 is 23.5 Å². The van der Waals surface area contributed by atoms with E-state index in [1.54, 1.807) is 38.5 Å². The van der Waals surface area contributed by atoms with Gasteiger partial charge in [0.1, 0.15) is 10.6 Å². The van der Waals surface area contributed by atoms with Crippen LogP contribution in [0, 0.1) is 0 Å². The molecule has 39 heavy (non-hydrogen) atoms. The first-order valence-corrected chi connectivity index (χ1v) is 14.7. The Kier molecular flexibility index (Phi) is 9.20. The van der Waals surface area contributed by atoms with Gasteiger partial charge in [-0.2, -0.15) is 0 Å². The van der Waals surface area contributed by atoms with Gasteiger partial charge in [-0.1, -0.05) is 26.0 Å². The van der Waals surface area contributed by atoms with E-state index in [9.17, 15) is 8.42 Å². The summed E-state index contributed by atoms with van der Waals surface area (Å²) < 4.78 is 45.8. The van der Waals surface area contributed by atoms with Gasteiger partial charge in [-0.3, -0.25) is 0 Å². The molecular weight excluding hydrogens is 512 g/mol. The van der Waals surface area contributed by atoms with Crippen molar-refractivity contribution in [2.24, 2.45) is 0 Å². The number of unbranched alkanes of at least 4 members (excludes halogenated alkanes) is 1. The Labute approximate surface area is 231 Å². The minimum absolute atomic E-state index is 0.0790. The molecule has 0 N–H and O–H groups in total. The molecule has 8 heteroatoms. The number of ether oxygens (including phenoxy) is 3. The van der Waals surface area contributed by atoms with E-state index in [4.69, 9.17) is 14.2 Å². The number of hydrogen-bond acceptors (Lipinski definition) is 6. The number of benzene rings is 2. The summed E-state index contributed by atoms with van der Waals surface area (Å²) in [7, 11) is 1.69. The standard InChI is InChI=1S/C31H38N2O5S/c1-23(2)27-22-33-18-7-6-10-28(33)31(27)39(34,35)26-14-12-25(13-15-26)38-19-9-8-17-32(3)21-24-11-16-29(36-4)30(20-24)37-5/h6-7,10-16,18,20,22-23H,8-9,17,19,21H2,1-5H3. The molecule has 0 atom stereocenters. The van der Waals surface area contributed by atoms with Gasteiger partial charge in [-0.05, 0) is 92.0 Å². The third-order valence-corrected chi connectivity index (χ3v) is 8.67. The number of rotatable bonds is 13. The summed E-state index contributed by atoms with van der Waals surface area (Å²) in [5.41, 5.74) is 2.67. The fraction of sp³-hybridized carbons (Fsp3) is 0.355. The number of nitrogens with zero attached hydrogens (tertiary/aromatic N) is 2. The quantitative estimate of drug-likeness (QED) is 0.185. The molecule has 0 radical (unpaired) electrons. The summed E-state index contributed by atoms with van der Waals surface area (Å²) in [6.45, 7) is 6.33. The predicted molar refractivity (Wildman–Crippen MR) is 154 cm³/mol.